The summed E-state index contributed by atoms with van der Waals surface area (Å²) < 4.78 is 5.45. The fourth-order valence-electron chi connectivity index (χ4n) is 2.08. The molecule has 1 aromatic rings. The normalized spacial score (nSPS) is 15.7. The molecule has 2 heteroatoms. The van der Waals surface area contributed by atoms with Crippen molar-refractivity contribution in [2.24, 2.45) is 5.41 Å². The van der Waals surface area contributed by atoms with Crippen LogP contribution in [-0.2, 0) is 4.74 Å². The highest BCUT2D eigenvalue weighted by molar-refractivity contribution is 5.31. The number of hydrogen-bond acceptors (Lipinski definition) is 2. The number of rotatable bonds is 3. The minimum Gasteiger partial charge on any atom is -0.386 e. The van der Waals surface area contributed by atoms with Gasteiger partial charge in [0.25, 0.3) is 0 Å². The number of aryl methyl sites for hydroxylation is 2. The van der Waals surface area contributed by atoms with Gasteiger partial charge >= 0.3 is 0 Å². The van der Waals surface area contributed by atoms with Crippen molar-refractivity contribution in [1.29, 1.82) is 0 Å². The Balaban J connectivity index is 3.02. The van der Waals surface area contributed by atoms with Crippen molar-refractivity contribution in [2.75, 3.05) is 7.11 Å². The molecule has 17 heavy (non-hydrogen) atoms. The Labute approximate surface area is 105 Å². The third-order valence-electron chi connectivity index (χ3n) is 3.27. The van der Waals surface area contributed by atoms with Crippen LogP contribution in [0.1, 0.15) is 43.6 Å². The van der Waals surface area contributed by atoms with Gasteiger partial charge in [-0.15, -0.1) is 0 Å². The zero-order valence-corrected chi connectivity index (χ0v) is 11.7. The summed E-state index contributed by atoms with van der Waals surface area (Å²) in [5, 5.41) is 10.4. The molecule has 0 aliphatic heterocycles. The van der Waals surface area contributed by atoms with Crippen LogP contribution in [0.2, 0.25) is 0 Å². The molecule has 0 aromatic heterocycles. The van der Waals surface area contributed by atoms with Gasteiger partial charge < -0.3 is 9.84 Å². The lowest BCUT2D eigenvalue weighted by Gasteiger charge is -2.33. The van der Waals surface area contributed by atoms with E-state index in [1.807, 2.05) is 18.2 Å². The number of hydrogen-bond donors (Lipinski definition) is 1. The van der Waals surface area contributed by atoms with Crippen LogP contribution in [0.3, 0.4) is 0 Å². The summed E-state index contributed by atoms with van der Waals surface area (Å²) in [7, 11) is 1.65. The van der Waals surface area contributed by atoms with E-state index in [2.05, 4.69) is 34.6 Å². The van der Waals surface area contributed by atoms with Gasteiger partial charge in [-0.05, 0) is 36.0 Å². The Morgan fingerprint density at radius 2 is 1.71 bits per heavy atom. The summed E-state index contributed by atoms with van der Waals surface area (Å²) in [6.45, 7) is 10.4. The third-order valence-corrected chi connectivity index (χ3v) is 3.27. The molecule has 0 saturated heterocycles. The van der Waals surface area contributed by atoms with Crippen molar-refractivity contribution in [3.05, 3.63) is 34.9 Å². The molecule has 0 amide bonds. The second kappa shape index (κ2) is 5.19. The maximum atomic E-state index is 10.4. The Bertz CT molecular complexity index is 377. The zero-order valence-electron chi connectivity index (χ0n) is 11.7. The monoisotopic (exact) mass is 236 g/mol. The molecule has 0 saturated carbocycles. The molecular weight excluding hydrogens is 212 g/mol. The van der Waals surface area contributed by atoms with Crippen LogP contribution in [0.15, 0.2) is 18.2 Å². The first-order chi connectivity index (χ1) is 7.77. The van der Waals surface area contributed by atoms with Crippen molar-refractivity contribution in [3.8, 4) is 0 Å². The van der Waals surface area contributed by atoms with Crippen LogP contribution in [0, 0.1) is 19.3 Å². The van der Waals surface area contributed by atoms with Crippen LogP contribution in [0.5, 0.6) is 0 Å². The maximum Gasteiger partial charge on any atom is 0.106 e. The molecule has 0 spiro atoms. The third kappa shape index (κ3) is 3.30. The standard InChI is InChI=1S/C15H24O2/c1-10-7-8-12(9-11(10)2)13(16)14(17-6)15(3,4)5/h7-9,13-14,16H,1-6H3. The van der Waals surface area contributed by atoms with Crippen molar-refractivity contribution in [3.63, 3.8) is 0 Å². The molecule has 0 bridgehead atoms. The van der Waals surface area contributed by atoms with Crippen molar-refractivity contribution in [1.82, 2.24) is 0 Å². The van der Waals surface area contributed by atoms with E-state index in [1.165, 1.54) is 11.1 Å². The molecule has 0 fully saturated rings. The van der Waals surface area contributed by atoms with Gasteiger partial charge in [-0.1, -0.05) is 39.0 Å². The number of aliphatic hydroxyl groups excluding tert-OH is 1. The predicted octanol–water partition coefficient (Wildman–Crippen LogP) is 3.40. The maximum absolute atomic E-state index is 10.4. The highest BCUT2D eigenvalue weighted by Gasteiger charge is 2.32. The second-order valence-electron chi connectivity index (χ2n) is 5.81. The molecule has 0 radical (unpaired) electrons. The van der Waals surface area contributed by atoms with Crippen molar-refractivity contribution in [2.45, 2.75) is 46.8 Å². The number of methoxy groups -OCH3 is 1. The van der Waals surface area contributed by atoms with E-state index < -0.39 is 6.10 Å². The quantitative estimate of drug-likeness (QED) is 0.871. The number of aliphatic hydroxyl groups is 1. The predicted molar refractivity (Wildman–Crippen MR) is 71.1 cm³/mol. The number of ether oxygens (including phenoxy) is 1. The van der Waals surface area contributed by atoms with Gasteiger partial charge in [-0.3, -0.25) is 0 Å². The minimum atomic E-state index is -0.584. The minimum absolute atomic E-state index is 0.0903. The summed E-state index contributed by atoms with van der Waals surface area (Å²) >= 11 is 0. The van der Waals surface area contributed by atoms with Crippen LogP contribution in [0.25, 0.3) is 0 Å². The first-order valence-corrected chi connectivity index (χ1v) is 6.05. The summed E-state index contributed by atoms with van der Waals surface area (Å²) in [5.74, 6) is 0. The first kappa shape index (κ1) is 14.2. The Kier molecular flexibility index (Phi) is 4.34. The fraction of sp³-hybridized carbons (Fsp3) is 0.600. The second-order valence-corrected chi connectivity index (χ2v) is 5.81. The average molecular weight is 236 g/mol. The van der Waals surface area contributed by atoms with E-state index in [4.69, 9.17) is 4.74 Å². The van der Waals surface area contributed by atoms with Gasteiger partial charge in [0.1, 0.15) is 6.10 Å². The highest BCUT2D eigenvalue weighted by Crippen LogP contribution is 2.32. The molecule has 1 rings (SSSR count). The van der Waals surface area contributed by atoms with Crippen molar-refractivity contribution >= 4 is 0 Å². The molecule has 2 unspecified atom stereocenters. The van der Waals surface area contributed by atoms with Crippen LogP contribution < -0.4 is 0 Å². The van der Waals surface area contributed by atoms with Crippen molar-refractivity contribution < 1.29 is 9.84 Å². The molecule has 0 aliphatic carbocycles. The lowest BCUT2D eigenvalue weighted by atomic mass is 9.83. The van der Waals surface area contributed by atoms with Crippen LogP contribution in [0.4, 0.5) is 0 Å². The zero-order chi connectivity index (χ0) is 13.2. The van der Waals surface area contributed by atoms with E-state index in [9.17, 15) is 5.11 Å². The average Bonchev–Trinajstić information content (AvgIpc) is 2.20. The first-order valence-electron chi connectivity index (χ1n) is 6.05. The van der Waals surface area contributed by atoms with Crippen LogP contribution in [-0.4, -0.2) is 18.3 Å². The van der Waals surface area contributed by atoms with Gasteiger partial charge in [-0.25, -0.2) is 0 Å². The van der Waals surface area contributed by atoms with Gasteiger partial charge in [0.15, 0.2) is 0 Å². The largest absolute Gasteiger partial charge is 0.386 e. The highest BCUT2D eigenvalue weighted by atomic mass is 16.5. The molecule has 96 valence electrons. The summed E-state index contributed by atoms with van der Waals surface area (Å²) in [4.78, 5) is 0. The van der Waals surface area contributed by atoms with E-state index in [0.29, 0.717) is 0 Å². The molecule has 2 atom stereocenters. The Hall–Kier alpha value is -0.860. The fourth-order valence-corrected chi connectivity index (χ4v) is 2.08. The van der Waals surface area contributed by atoms with Crippen LogP contribution >= 0.6 is 0 Å². The van der Waals surface area contributed by atoms with E-state index in [0.717, 1.165) is 5.56 Å². The van der Waals surface area contributed by atoms with Gasteiger partial charge in [-0.2, -0.15) is 0 Å². The van der Waals surface area contributed by atoms with Gasteiger partial charge in [0, 0.05) is 7.11 Å². The molecule has 1 aromatic carbocycles. The molecule has 1 N–H and O–H groups in total. The molecule has 0 heterocycles. The molecule has 0 aliphatic rings. The lowest BCUT2D eigenvalue weighted by molar-refractivity contribution is -0.0724. The summed E-state index contributed by atoms with van der Waals surface area (Å²) in [5.41, 5.74) is 3.28. The molecular formula is C15H24O2. The summed E-state index contributed by atoms with van der Waals surface area (Å²) in [6, 6.07) is 6.06. The smallest absolute Gasteiger partial charge is 0.106 e. The molecule has 2 nitrogen and oxygen atoms in total. The van der Waals surface area contributed by atoms with Gasteiger partial charge in [0.05, 0.1) is 6.10 Å². The van der Waals surface area contributed by atoms with Gasteiger partial charge in [0.2, 0.25) is 0 Å². The Morgan fingerprint density at radius 3 is 2.12 bits per heavy atom. The topological polar surface area (TPSA) is 29.5 Å². The SMILES string of the molecule is COC(C(O)c1ccc(C)c(C)c1)C(C)(C)C. The van der Waals surface area contributed by atoms with E-state index in [1.54, 1.807) is 7.11 Å². The number of benzene rings is 1. The lowest BCUT2D eigenvalue weighted by Crippen LogP contribution is -2.34. The van der Waals surface area contributed by atoms with E-state index >= 15 is 0 Å². The summed E-state index contributed by atoms with van der Waals surface area (Å²) in [6.07, 6.45) is -0.788. The Morgan fingerprint density at radius 1 is 1.12 bits per heavy atom. The van der Waals surface area contributed by atoms with E-state index in [-0.39, 0.29) is 11.5 Å².